The number of carbonyl (C=O) groups excluding carboxylic acids is 1. The number of morpholine rings is 1. The van der Waals surface area contributed by atoms with Crippen LogP contribution in [-0.2, 0) is 4.74 Å². The molecule has 0 aliphatic carbocycles. The number of nitrogens with one attached hydrogen (secondary N) is 3. The van der Waals surface area contributed by atoms with E-state index in [2.05, 4.69) is 41.6 Å². The summed E-state index contributed by atoms with van der Waals surface area (Å²) in [6.07, 6.45) is 2.31. The summed E-state index contributed by atoms with van der Waals surface area (Å²) in [4.78, 5) is 19.6. The van der Waals surface area contributed by atoms with Crippen molar-refractivity contribution in [1.82, 2.24) is 20.9 Å². The molecule has 30 heavy (non-hydrogen) atoms. The van der Waals surface area contributed by atoms with Crippen molar-refractivity contribution in [3.05, 3.63) is 35.9 Å². The van der Waals surface area contributed by atoms with Gasteiger partial charge in [-0.3, -0.25) is 14.7 Å². The van der Waals surface area contributed by atoms with Crippen LogP contribution in [0.25, 0.3) is 0 Å². The maximum absolute atomic E-state index is 12.1. The summed E-state index contributed by atoms with van der Waals surface area (Å²) in [5.74, 6) is 1.37. The Hall–Kier alpha value is -2.12. The molecule has 1 saturated heterocycles. The summed E-state index contributed by atoms with van der Waals surface area (Å²) >= 11 is 0. The molecule has 0 saturated carbocycles. The molecule has 1 unspecified atom stereocenters. The summed E-state index contributed by atoms with van der Waals surface area (Å²) in [5, 5.41) is 9.60. The monoisotopic (exact) mass is 417 g/mol. The zero-order valence-corrected chi connectivity index (χ0v) is 18.8. The fourth-order valence-corrected chi connectivity index (χ4v) is 3.88. The first-order chi connectivity index (χ1) is 14.7. The maximum atomic E-state index is 12.1. The summed E-state index contributed by atoms with van der Waals surface area (Å²) in [7, 11) is 0. The van der Waals surface area contributed by atoms with Crippen LogP contribution in [0, 0.1) is 5.92 Å². The van der Waals surface area contributed by atoms with Gasteiger partial charge in [-0.1, -0.05) is 44.9 Å². The van der Waals surface area contributed by atoms with Crippen LogP contribution in [0.2, 0.25) is 0 Å². The molecular formula is C23H39N5O2. The largest absolute Gasteiger partial charge is 0.379 e. The minimum Gasteiger partial charge on any atom is -0.379 e. The number of carbonyl (C=O) groups is 1. The highest BCUT2D eigenvalue weighted by Gasteiger charge is 2.26. The SMILES string of the molecule is CCNC(=NCC(C(CC)CC)N1CCOCC1)NCCNC(=O)c1ccccc1. The molecule has 1 heterocycles. The van der Waals surface area contributed by atoms with Gasteiger partial charge in [-0.05, 0) is 25.0 Å². The molecule has 7 nitrogen and oxygen atoms in total. The lowest BCUT2D eigenvalue weighted by Crippen LogP contribution is -2.49. The Morgan fingerprint density at radius 2 is 1.70 bits per heavy atom. The molecule has 1 aromatic carbocycles. The Kier molecular flexibility index (Phi) is 11.3. The number of ether oxygens (including phenoxy) is 1. The summed E-state index contributed by atoms with van der Waals surface area (Å²) < 4.78 is 5.54. The second-order valence-corrected chi connectivity index (χ2v) is 7.56. The molecule has 7 heteroatoms. The van der Waals surface area contributed by atoms with Crippen molar-refractivity contribution in [3.8, 4) is 0 Å². The fourth-order valence-electron chi connectivity index (χ4n) is 3.88. The molecule has 1 aromatic rings. The van der Waals surface area contributed by atoms with Gasteiger partial charge in [0.2, 0.25) is 0 Å². The van der Waals surface area contributed by atoms with E-state index in [1.165, 1.54) is 0 Å². The van der Waals surface area contributed by atoms with Gasteiger partial charge in [0.05, 0.1) is 19.8 Å². The molecule has 1 atom stereocenters. The third-order valence-electron chi connectivity index (χ3n) is 5.63. The number of aliphatic imine (C=N–C) groups is 1. The van der Waals surface area contributed by atoms with Crippen LogP contribution in [0.4, 0.5) is 0 Å². The Morgan fingerprint density at radius 3 is 2.33 bits per heavy atom. The molecule has 1 fully saturated rings. The van der Waals surface area contributed by atoms with Crippen molar-refractivity contribution in [1.29, 1.82) is 0 Å². The van der Waals surface area contributed by atoms with Crippen molar-refractivity contribution in [2.75, 3.05) is 52.5 Å². The molecule has 1 amide bonds. The number of hydrogen-bond acceptors (Lipinski definition) is 4. The predicted octanol–water partition coefficient (Wildman–Crippen LogP) is 2.11. The number of nitrogens with zero attached hydrogens (tertiary/aromatic N) is 2. The van der Waals surface area contributed by atoms with Gasteiger partial charge in [0.25, 0.3) is 5.91 Å². The van der Waals surface area contributed by atoms with Gasteiger partial charge >= 0.3 is 0 Å². The second-order valence-electron chi connectivity index (χ2n) is 7.56. The minimum absolute atomic E-state index is 0.0551. The number of rotatable bonds is 11. The molecular weight excluding hydrogens is 378 g/mol. The van der Waals surface area contributed by atoms with Crippen LogP contribution in [0.3, 0.4) is 0 Å². The molecule has 1 aliphatic heterocycles. The Balaban J connectivity index is 1.88. The molecule has 168 valence electrons. The minimum atomic E-state index is -0.0551. The normalized spacial score (nSPS) is 16.3. The van der Waals surface area contributed by atoms with Gasteiger partial charge in [-0.15, -0.1) is 0 Å². The van der Waals surface area contributed by atoms with E-state index < -0.39 is 0 Å². The first-order valence-electron chi connectivity index (χ1n) is 11.4. The van der Waals surface area contributed by atoms with E-state index in [0.717, 1.165) is 58.2 Å². The number of hydrogen-bond donors (Lipinski definition) is 3. The average Bonchev–Trinajstić information content (AvgIpc) is 2.80. The number of benzene rings is 1. The third-order valence-corrected chi connectivity index (χ3v) is 5.63. The van der Waals surface area contributed by atoms with Gasteiger partial charge in [-0.25, -0.2) is 0 Å². The van der Waals surface area contributed by atoms with Crippen molar-refractivity contribution >= 4 is 11.9 Å². The molecule has 3 N–H and O–H groups in total. The lowest BCUT2D eigenvalue weighted by molar-refractivity contribution is 0.00395. The van der Waals surface area contributed by atoms with Crippen molar-refractivity contribution < 1.29 is 9.53 Å². The van der Waals surface area contributed by atoms with Gasteiger partial charge in [-0.2, -0.15) is 0 Å². The third kappa shape index (κ3) is 7.95. The Morgan fingerprint density at radius 1 is 1.03 bits per heavy atom. The molecule has 0 bridgehead atoms. The van der Waals surface area contributed by atoms with Crippen molar-refractivity contribution in [2.45, 2.75) is 39.7 Å². The van der Waals surface area contributed by atoms with Crippen molar-refractivity contribution in [2.24, 2.45) is 10.9 Å². The summed E-state index contributed by atoms with van der Waals surface area (Å²) in [6, 6.07) is 9.71. The van der Waals surface area contributed by atoms with Crippen LogP contribution in [-0.4, -0.2) is 75.3 Å². The van der Waals surface area contributed by atoms with E-state index >= 15 is 0 Å². The number of amides is 1. The molecule has 1 aliphatic rings. The zero-order valence-electron chi connectivity index (χ0n) is 18.8. The zero-order chi connectivity index (χ0) is 21.6. The van der Waals surface area contributed by atoms with Crippen LogP contribution in [0.1, 0.15) is 44.0 Å². The number of guanidine groups is 1. The average molecular weight is 418 g/mol. The lowest BCUT2D eigenvalue weighted by Gasteiger charge is -2.38. The molecule has 0 aromatic heterocycles. The standard InChI is InChI=1S/C23H39N5O2/c1-4-19(5-2)21(28-14-16-30-17-15-28)18-27-23(24-6-3)26-13-12-25-22(29)20-10-8-7-9-11-20/h7-11,19,21H,4-6,12-18H2,1-3H3,(H,25,29)(H2,24,26,27). The van der Waals surface area contributed by atoms with Gasteiger partial charge in [0.15, 0.2) is 5.96 Å². The Labute approximate surface area is 181 Å². The predicted molar refractivity (Wildman–Crippen MR) is 123 cm³/mol. The van der Waals surface area contributed by atoms with Crippen LogP contribution in [0.15, 0.2) is 35.3 Å². The topological polar surface area (TPSA) is 78.0 Å². The van der Waals surface area contributed by atoms with E-state index in [-0.39, 0.29) is 5.91 Å². The summed E-state index contributed by atoms with van der Waals surface area (Å²) in [6.45, 7) is 12.9. The highest BCUT2D eigenvalue weighted by Crippen LogP contribution is 2.20. The van der Waals surface area contributed by atoms with E-state index in [1.807, 2.05) is 30.3 Å². The van der Waals surface area contributed by atoms with Crippen LogP contribution in [0.5, 0.6) is 0 Å². The molecule has 2 rings (SSSR count). The first-order valence-corrected chi connectivity index (χ1v) is 11.4. The lowest BCUT2D eigenvalue weighted by atomic mass is 9.92. The van der Waals surface area contributed by atoms with Gasteiger partial charge in [0.1, 0.15) is 0 Å². The Bertz CT molecular complexity index is 628. The van der Waals surface area contributed by atoms with Crippen molar-refractivity contribution in [3.63, 3.8) is 0 Å². The first kappa shape index (κ1) is 24.2. The summed E-state index contributed by atoms with van der Waals surface area (Å²) in [5.41, 5.74) is 0.677. The van der Waals surface area contributed by atoms with Gasteiger partial charge in [0, 0.05) is 44.3 Å². The second kappa shape index (κ2) is 14.0. The van der Waals surface area contributed by atoms with Crippen LogP contribution >= 0.6 is 0 Å². The van der Waals surface area contributed by atoms with Gasteiger partial charge < -0.3 is 20.7 Å². The van der Waals surface area contributed by atoms with E-state index in [4.69, 9.17) is 9.73 Å². The van der Waals surface area contributed by atoms with E-state index in [0.29, 0.717) is 30.6 Å². The maximum Gasteiger partial charge on any atom is 0.251 e. The smallest absolute Gasteiger partial charge is 0.251 e. The quantitative estimate of drug-likeness (QED) is 0.292. The van der Waals surface area contributed by atoms with E-state index in [1.54, 1.807) is 0 Å². The molecule has 0 spiro atoms. The van der Waals surface area contributed by atoms with Crippen LogP contribution < -0.4 is 16.0 Å². The highest BCUT2D eigenvalue weighted by atomic mass is 16.5. The molecule has 0 radical (unpaired) electrons. The fraction of sp³-hybridized carbons (Fsp3) is 0.652. The van der Waals surface area contributed by atoms with E-state index in [9.17, 15) is 4.79 Å². The highest BCUT2D eigenvalue weighted by molar-refractivity contribution is 5.94.